The fourth-order valence-electron chi connectivity index (χ4n) is 1.37. The van der Waals surface area contributed by atoms with E-state index in [0.717, 1.165) is 21.4 Å². The molecule has 0 unspecified atom stereocenters. The van der Waals surface area contributed by atoms with Crippen molar-refractivity contribution in [2.24, 2.45) is 0 Å². The quantitative estimate of drug-likeness (QED) is 0.852. The number of halogens is 1. The Morgan fingerprint density at radius 1 is 1.38 bits per heavy atom. The summed E-state index contributed by atoms with van der Waals surface area (Å²) in [6.45, 7) is 6.30. The topological polar surface area (TPSA) is 40.7 Å². The highest BCUT2D eigenvalue weighted by Crippen LogP contribution is 2.28. The molecule has 5 heteroatoms. The van der Waals surface area contributed by atoms with Crippen molar-refractivity contribution in [1.82, 2.24) is 10.2 Å². The van der Waals surface area contributed by atoms with Gasteiger partial charge in [-0.25, -0.2) is 0 Å². The highest BCUT2D eigenvalue weighted by atomic mass is 35.5. The summed E-state index contributed by atoms with van der Waals surface area (Å²) in [5.41, 5.74) is 2.07. The van der Waals surface area contributed by atoms with Gasteiger partial charge in [-0.1, -0.05) is 11.6 Å². The van der Waals surface area contributed by atoms with Crippen molar-refractivity contribution in [2.45, 2.75) is 26.3 Å². The van der Waals surface area contributed by atoms with Gasteiger partial charge in [-0.05, 0) is 26.8 Å². The van der Waals surface area contributed by atoms with Crippen LogP contribution in [0, 0.1) is 0 Å². The van der Waals surface area contributed by atoms with Gasteiger partial charge < -0.3 is 5.32 Å². The van der Waals surface area contributed by atoms with Crippen LogP contribution in [-0.2, 0) is 0 Å². The van der Waals surface area contributed by atoms with Gasteiger partial charge in [-0.3, -0.25) is 5.10 Å². The van der Waals surface area contributed by atoms with E-state index in [-0.39, 0.29) is 5.54 Å². The second-order valence-electron chi connectivity index (χ2n) is 4.68. The Labute approximate surface area is 104 Å². The van der Waals surface area contributed by atoms with E-state index in [1.807, 2.05) is 17.5 Å². The molecule has 0 saturated heterocycles. The van der Waals surface area contributed by atoms with E-state index in [1.165, 1.54) is 11.3 Å². The van der Waals surface area contributed by atoms with Crippen LogP contribution in [0.4, 0.5) is 5.82 Å². The molecule has 2 rings (SSSR count). The lowest BCUT2D eigenvalue weighted by molar-refractivity contribution is 0.630. The van der Waals surface area contributed by atoms with E-state index < -0.39 is 0 Å². The molecule has 0 aliphatic carbocycles. The molecule has 0 radical (unpaired) electrons. The van der Waals surface area contributed by atoms with E-state index in [0.29, 0.717) is 0 Å². The first kappa shape index (κ1) is 11.5. The molecule has 0 aliphatic rings. The second kappa shape index (κ2) is 4.11. The molecular weight excluding hydrogens is 242 g/mol. The van der Waals surface area contributed by atoms with Gasteiger partial charge in [-0.15, -0.1) is 11.3 Å². The van der Waals surface area contributed by atoms with Crippen LogP contribution in [0.25, 0.3) is 11.3 Å². The van der Waals surface area contributed by atoms with Crippen molar-refractivity contribution in [3.8, 4) is 11.3 Å². The average molecular weight is 256 g/mol. The van der Waals surface area contributed by atoms with Crippen molar-refractivity contribution in [1.29, 1.82) is 0 Å². The minimum Gasteiger partial charge on any atom is -0.364 e. The van der Waals surface area contributed by atoms with Gasteiger partial charge in [0.25, 0.3) is 0 Å². The van der Waals surface area contributed by atoms with Gasteiger partial charge in [0, 0.05) is 22.5 Å². The summed E-state index contributed by atoms with van der Waals surface area (Å²) in [6, 6.07) is 3.92. The SMILES string of the molecule is CC(C)(C)Nc1cc(-c2csc(Cl)c2)[nH]n1. The van der Waals surface area contributed by atoms with E-state index in [2.05, 4.69) is 36.3 Å². The second-order valence-corrected chi connectivity index (χ2v) is 6.22. The summed E-state index contributed by atoms with van der Waals surface area (Å²) >= 11 is 7.41. The van der Waals surface area contributed by atoms with Crippen LogP contribution in [0.1, 0.15) is 20.8 Å². The highest BCUT2D eigenvalue weighted by Gasteiger charge is 2.12. The Balaban J connectivity index is 2.20. The van der Waals surface area contributed by atoms with Crippen molar-refractivity contribution < 1.29 is 0 Å². The minimum absolute atomic E-state index is 0.0127. The van der Waals surface area contributed by atoms with Gasteiger partial charge >= 0.3 is 0 Å². The number of aromatic nitrogens is 2. The number of anilines is 1. The van der Waals surface area contributed by atoms with Crippen LogP contribution in [0.15, 0.2) is 17.5 Å². The number of hydrogen-bond donors (Lipinski definition) is 2. The number of rotatable bonds is 2. The van der Waals surface area contributed by atoms with E-state index >= 15 is 0 Å². The molecule has 86 valence electrons. The lowest BCUT2D eigenvalue weighted by Gasteiger charge is -2.19. The van der Waals surface area contributed by atoms with Crippen molar-refractivity contribution in [2.75, 3.05) is 5.32 Å². The molecule has 2 aromatic rings. The molecule has 2 aromatic heterocycles. The predicted molar refractivity (Wildman–Crippen MR) is 70.3 cm³/mol. The van der Waals surface area contributed by atoms with Crippen LogP contribution in [0.2, 0.25) is 4.34 Å². The zero-order valence-electron chi connectivity index (χ0n) is 9.47. The largest absolute Gasteiger partial charge is 0.364 e. The number of hydrogen-bond acceptors (Lipinski definition) is 3. The molecule has 0 spiro atoms. The van der Waals surface area contributed by atoms with Gasteiger partial charge in [0.15, 0.2) is 0 Å². The van der Waals surface area contributed by atoms with Crippen molar-refractivity contribution in [3.05, 3.63) is 21.8 Å². The zero-order valence-corrected chi connectivity index (χ0v) is 11.0. The van der Waals surface area contributed by atoms with E-state index in [9.17, 15) is 0 Å². The average Bonchev–Trinajstić information content (AvgIpc) is 2.71. The third-order valence-electron chi connectivity index (χ3n) is 1.96. The highest BCUT2D eigenvalue weighted by molar-refractivity contribution is 7.14. The third kappa shape index (κ3) is 2.77. The third-order valence-corrected chi connectivity index (χ3v) is 3.05. The van der Waals surface area contributed by atoms with Crippen molar-refractivity contribution >= 4 is 28.8 Å². The smallest absolute Gasteiger partial charge is 0.148 e. The summed E-state index contributed by atoms with van der Waals surface area (Å²) in [4.78, 5) is 0. The van der Waals surface area contributed by atoms with Gasteiger partial charge in [0.05, 0.1) is 10.0 Å². The van der Waals surface area contributed by atoms with Crippen molar-refractivity contribution in [3.63, 3.8) is 0 Å². The Bertz CT molecular complexity index is 481. The Hall–Kier alpha value is -1.00. The van der Waals surface area contributed by atoms with Crippen LogP contribution >= 0.6 is 22.9 Å². The Morgan fingerprint density at radius 3 is 2.69 bits per heavy atom. The Kier molecular flexibility index (Phi) is 2.95. The summed E-state index contributed by atoms with van der Waals surface area (Å²) < 4.78 is 0.787. The number of aromatic amines is 1. The first-order valence-electron chi connectivity index (χ1n) is 5.02. The maximum absolute atomic E-state index is 5.89. The minimum atomic E-state index is 0.0127. The lowest BCUT2D eigenvalue weighted by atomic mass is 10.1. The normalized spacial score (nSPS) is 11.8. The van der Waals surface area contributed by atoms with Crippen LogP contribution in [0.5, 0.6) is 0 Å². The molecule has 0 amide bonds. The molecule has 0 saturated carbocycles. The van der Waals surface area contributed by atoms with Crippen LogP contribution in [0.3, 0.4) is 0 Å². The van der Waals surface area contributed by atoms with Gasteiger partial charge in [0.2, 0.25) is 0 Å². The summed E-state index contributed by atoms with van der Waals surface area (Å²) in [6.07, 6.45) is 0. The summed E-state index contributed by atoms with van der Waals surface area (Å²) in [5.74, 6) is 0.852. The molecule has 0 bridgehead atoms. The number of nitrogens with one attached hydrogen (secondary N) is 2. The fraction of sp³-hybridized carbons (Fsp3) is 0.364. The standard InChI is InChI=1S/C11H14ClN3S/c1-11(2,3)13-10-5-8(14-15-10)7-4-9(12)16-6-7/h4-6H,1-3H3,(H2,13,14,15). The monoisotopic (exact) mass is 255 g/mol. The molecule has 0 fully saturated rings. The molecule has 16 heavy (non-hydrogen) atoms. The van der Waals surface area contributed by atoms with Crippen LogP contribution in [-0.4, -0.2) is 15.7 Å². The molecule has 3 nitrogen and oxygen atoms in total. The summed E-state index contributed by atoms with van der Waals surface area (Å²) in [5, 5.41) is 12.5. The first-order valence-corrected chi connectivity index (χ1v) is 6.28. The molecule has 0 atom stereocenters. The van der Waals surface area contributed by atoms with Crippen LogP contribution < -0.4 is 5.32 Å². The Morgan fingerprint density at radius 2 is 2.12 bits per heavy atom. The van der Waals surface area contributed by atoms with Gasteiger partial charge in [-0.2, -0.15) is 5.10 Å². The maximum Gasteiger partial charge on any atom is 0.148 e. The maximum atomic E-state index is 5.89. The number of thiophene rings is 1. The molecule has 0 aromatic carbocycles. The molecular formula is C11H14ClN3S. The van der Waals surface area contributed by atoms with Gasteiger partial charge in [0.1, 0.15) is 5.82 Å². The molecule has 0 aliphatic heterocycles. The zero-order chi connectivity index (χ0) is 11.8. The molecule has 2 N–H and O–H groups in total. The number of nitrogens with zero attached hydrogens (tertiary/aromatic N) is 1. The lowest BCUT2D eigenvalue weighted by Crippen LogP contribution is -2.26. The summed E-state index contributed by atoms with van der Waals surface area (Å²) in [7, 11) is 0. The number of H-pyrrole nitrogens is 1. The fourth-order valence-corrected chi connectivity index (χ4v) is 2.25. The van der Waals surface area contributed by atoms with E-state index in [1.54, 1.807) is 0 Å². The van der Waals surface area contributed by atoms with E-state index in [4.69, 9.17) is 11.6 Å². The first-order chi connectivity index (χ1) is 7.44. The predicted octanol–water partition coefficient (Wildman–Crippen LogP) is 4.00. The molecule has 2 heterocycles.